The lowest BCUT2D eigenvalue weighted by Crippen LogP contribution is -2.34. The van der Waals surface area contributed by atoms with E-state index >= 15 is 0 Å². The van der Waals surface area contributed by atoms with Gasteiger partial charge in [0.25, 0.3) is 5.91 Å². The number of amides is 1. The number of rotatable bonds is 12. The maximum atomic E-state index is 12.8. The number of nitrogens with one attached hydrogen (secondary N) is 3. The minimum atomic E-state index is -3.64. The first-order valence-electron chi connectivity index (χ1n) is 11.9. The van der Waals surface area contributed by atoms with Crippen molar-refractivity contribution in [3.63, 3.8) is 0 Å². The Hall–Kier alpha value is -2.53. The van der Waals surface area contributed by atoms with Crippen molar-refractivity contribution < 1.29 is 22.7 Å². The lowest BCUT2D eigenvalue weighted by molar-refractivity contribution is 0.0973. The highest BCUT2D eigenvalue weighted by molar-refractivity contribution is 7.89. The molecule has 10 heteroatoms. The number of carbonyl (C=O) groups excluding carboxylic acids is 1. The lowest BCUT2D eigenvalue weighted by atomic mass is 10.2. The van der Waals surface area contributed by atoms with E-state index in [2.05, 4.69) is 22.3 Å². The summed E-state index contributed by atoms with van der Waals surface area (Å²) in [5.41, 5.74) is 0.944. The minimum Gasteiger partial charge on any atom is -0.493 e. The summed E-state index contributed by atoms with van der Waals surface area (Å²) >= 11 is 5.27. The summed E-state index contributed by atoms with van der Waals surface area (Å²) in [6.45, 7) is 3.62. The number of sulfonamides is 1. The first-order chi connectivity index (χ1) is 16.9. The van der Waals surface area contributed by atoms with E-state index in [-0.39, 0.29) is 28.6 Å². The van der Waals surface area contributed by atoms with E-state index in [1.54, 1.807) is 30.3 Å². The minimum absolute atomic E-state index is 0.0803. The number of anilines is 1. The molecule has 1 fully saturated rings. The van der Waals surface area contributed by atoms with E-state index in [9.17, 15) is 13.2 Å². The van der Waals surface area contributed by atoms with Crippen molar-refractivity contribution in [2.75, 3.05) is 25.1 Å². The van der Waals surface area contributed by atoms with Gasteiger partial charge in [0, 0.05) is 18.8 Å². The number of thiocarbonyl (C=S) groups is 1. The molecule has 1 aliphatic rings. The average Bonchev–Trinajstić information content (AvgIpc) is 3.37. The number of benzene rings is 2. The molecule has 1 saturated heterocycles. The third-order valence-corrected chi connectivity index (χ3v) is 7.21. The van der Waals surface area contributed by atoms with E-state index in [4.69, 9.17) is 21.7 Å². The summed E-state index contributed by atoms with van der Waals surface area (Å²) < 4.78 is 38.9. The number of para-hydroxylation sites is 1. The van der Waals surface area contributed by atoms with Gasteiger partial charge in [-0.3, -0.25) is 10.1 Å². The number of ether oxygens (including phenoxy) is 2. The molecule has 35 heavy (non-hydrogen) atoms. The van der Waals surface area contributed by atoms with Gasteiger partial charge in [0.15, 0.2) is 5.11 Å². The molecular weight excluding hydrogens is 486 g/mol. The highest BCUT2D eigenvalue weighted by Crippen LogP contribution is 2.19. The molecule has 1 heterocycles. The van der Waals surface area contributed by atoms with Crippen molar-refractivity contribution in [2.24, 2.45) is 0 Å². The Morgan fingerprint density at radius 3 is 2.60 bits per heavy atom. The molecule has 1 aliphatic heterocycles. The molecule has 0 spiro atoms. The molecule has 3 rings (SSSR count). The van der Waals surface area contributed by atoms with Gasteiger partial charge in [-0.05, 0) is 67.9 Å². The molecule has 0 radical (unpaired) electrons. The zero-order valence-corrected chi connectivity index (χ0v) is 21.6. The van der Waals surface area contributed by atoms with Gasteiger partial charge in [0.1, 0.15) is 5.75 Å². The maximum Gasteiger partial charge on any atom is 0.261 e. The maximum absolute atomic E-state index is 12.8. The molecule has 0 saturated carbocycles. The highest BCUT2D eigenvalue weighted by atomic mass is 32.2. The van der Waals surface area contributed by atoms with Crippen molar-refractivity contribution in [1.82, 2.24) is 10.0 Å². The summed E-state index contributed by atoms with van der Waals surface area (Å²) in [5, 5.41) is 5.65. The fourth-order valence-corrected chi connectivity index (χ4v) is 4.91. The molecule has 2 aromatic rings. The molecule has 3 N–H and O–H groups in total. The van der Waals surface area contributed by atoms with Gasteiger partial charge in [-0.2, -0.15) is 0 Å². The Bertz CT molecular complexity index is 1080. The highest BCUT2D eigenvalue weighted by Gasteiger charge is 2.20. The number of hydrogen-bond acceptors (Lipinski definition) is 6. The quantitative estimate of drug-likeness (QED) is 0.285. The molecule has 190 valence electrons. The summed E-state index contributed by atoms with van der Waals surface area (Å²) in [7, 11) is -3.64. The van der Waals surface area contributed by atoms with Crippen LogP contribution in [-0.2, 0) is 14.8 Å². The van der Waals surface area contributed by atoms with Gasteiger partial charge in [-0.15, -0.1) is 0 Å². The first kappa shape index (κ1) is 27.1. The Morgan fingerprint density at radius 1 is 1.11 bits per heavy atom. The van der Waals surface area contributed by atoms with Crippen LogP contribution in [-0.4, -0.2) is 45.3 Å². The van der Waals surface area contributed by atoms with E-state index in [0.717, 1.165) is 38.5 Å². The summed E-state index contributed by atoms with van der Waals surface area (Å²) in [6.07, 6.45) is 6.04. The Morgan fingerprint density at radius 2 is 1.89 bits per heavy atom. The molecule has 0 aromatic heterocycles. The van der Waals surface area contributed by atoms with E-state index in [1.165, 1.54) is 12.1 Å². The Balaban J connectivity index is 1.51. The van der Waals surface area contributed by atoms with E-state index in [1.807, 2.05) is 6.07 Å². The molecule has 1 amide bonds. The van der Waals surface area contributed by atoms with Gasteiger partial charge < -0.3 is 14.8 Å². The number of unbranched alkanes of at least 4 members (excludes halogenated alkanes) is 3. The number of carbonyl (C=O) groups is 1. The van der Waals surface area contributed by atoms with Crippen molar-refractivity contribution >= 4 is 38.9 Å². The van der Waals surface area contributed by atoms with E-state index in [0.29, 0.717) is 30.2 Å². The SMILES string of the molecule is CCCCCCOc1ccccc1C(=O)NC(=S)Nc1ccc(S(=O)(=O)NCC2CCCO2)cc1. The molecular formula is C25H33N3O5S2. The monoisotopic (exact) mass is 519 g/mol. The second-order valence-corrected chi connectivity index (χ2v) is 10.5. The Kier molecular flexibility index (Phi) is 10.5. The van der Waals surface area contributed by atoms with Gasteiger partial charge in [-0.1, -0.05) is 38.3 Å². The smallest absolute Gasteiger partial charge is 0.261 e. The number of hydrogen-bond donors (Lipinski definition) is 3. The van der Waals surface area contributed by atoms with Gasteiger partial charge in [0.2, 0.25) is 10.0 Å². The second kappa shape index (κ2) is 13.5. The zero-order chi connectivity index (χ0) is 25.1. The van der Waals surface area contributed by atoms with Crippen LogP contribution in [0.15, 0.2) is 53.4 Å². The van der Waals surface area contributed by atoms with Gasteiger partial charge in [-0.25, -0.2) is 13.1 Å². The van der Waals surface area contributed by atoms with Crippen LogP contribution in [0.25, 0.3) is 0 Å². The topological polar surface area (TPSA) is 106 Å². The normalized spacial score (nSPS) is 15.5. The van der Waals surface area contributed by atoms with Crippen LogP contribution in [0.5, 0.6) is 5.75 Å². The van der Waals surface area contributed by atoms with Gasteiger partial charge in [0.05, 0.1) is 23.2 Å². The molecule has 1 unspecified atom stereocenters. The van der Waals surface area contributed by atoms with Crippen LogP contribution in [0, 0.1) is 0 Å². The van der Waals surface area contributed by atoms with Crippen LogP contribution in [0.2, 0.25) is 0 Å². The summed E-state index contributed by atoms with van der Waals surface area (Å²) in [6, 6.07) is 13.2. The fraction of sp³-hybridized carbons (Fsp3) is 0.440. The van der Waals surface area contributed by atoms with Crippen LogP contribution in [0.1, 0.15) is 55.8 Å². The van der Waals surface area contributed by atoms with Crippen molar-refractivity contribution in [2.45, 2.75) is 56.4 Å². The fourth-order valence-electron chi connectivity index (χ4n) is 3.63. The molecule has 2 aromatic carbocycles. The van der Waals surface area contributed by atoms with Crippen LogP contribution in [0.3, 0.4) is 0 Å². The third kappa shape index (κ3) is 8.57. The van der Waals surface area contributed by atoms with Gasteiger partial charge >= 0.3 is 0 Å². The molecule has 0 bridgehead atoms. The van der Waals surface area contributed by atoms with Crippen molar-refractivity contribution in [3.05, 3.63) is 54.1 Å². The van der Waals surface area contributed by atoms with Crippen LogP contribution in [0.4, 0.5) is 5.69 Å². The third-order valence-electron chi connectivity index (χ3n) is 5.56. The van der Waals surface area contributed by atoms with Crippen LogP contribution >= 0.6 is 12.2 Å². The largest absolute Gasteiger partial charge is 0.493 e. The lowest BCUT2D eigenvalue weighted by Gasteiger charge is -2.14. The van der Waals surface area contributed by atoms with Crippen molar-refractivity contribution in [3.8, 4) is 5.75 Å². The molecule has 0 aliphatic carbocycles. The zero-order valence-electron chi connectivity index (χ0n) is 19.9. The van der Waals surface area contributed by atoms with Crippen molar-refractivity contribution in [1.29, 1.82) is 0 Å². The summed E-state index contributed by atoms with van der Waals surface area (Å²) in [5.74, 6) is 0.124. The molecule has 1 atom stereocenters. The first-order valence-corrected chi connectivity index (χ1v) is 13.8. The Labute approximate surface area is 212 Å². The second-order valence-electron chi connectivity index (χ2n) is 8.32. The predicted octanol–water partition coefficient (Wildman–Crippen LogP) is 4.23. The summed E-state index contributed by atoms with van der Waals surface area (Å²) in [4.78, 5) is 12.9. The predicted molar refractivity (Wildman–Crippen MR) is 140 cm³/mol. The standard InChI is InChI=1S/C25H33N3O5S2/c1-2-3-4-7-16-33-23-11-6-5-10-22(23)24(29)28-25(34)27-19-12-14-21(15-13-19)35(30,31)26-18-20-9-8-17-32-20/h5-6,10-15,20,26H,2-4,7-9,16-18H2,1H3,(H2,27,28,29,34). The van der Waals surface area contributed by atoms with E-state index < -0.39 is 10.0 Å². The average molecular weight is 520 g/mol. The molecule has 8 nitrogen and oxygen atoms in total. The van der Waals surface area contributed by atoms with Crippen LogP contribution < -0.4 is 20.1 Å².